The molecule has 0 aromatic carbocycles. The van der Waals surface area contributed by atoms with E-state index in [2.05, 4.69) is 83.2 Å². The van der Waals surface area contributed by atoms with Crippen molar-refractivity contribution in [2.75, 3.05) is 0 Å². The van der Waals surface area contributed by atoms with E-state index in [0.717, 1.165) is 11.1 Å². The second kappa shape index (κ2) is 17.7. The molecule has 0 saturated heterocycles. The van der Waals surface area contributed by atoms with Gasteiger partial charge in [0.1, 0.15) is 0 Å². The molecular weight excluding hydrogens is 392 g/mol. The normalized spacial score (nSPS) is 15.6. The molecule has 0 rings (SSSR count). The molecule has 0 radical (unpaired) electrons. The average Bonchev–Trinajstić information content (AvgIpc) is 2.70. The lowest BCUT2D eigenvalue weighted by Gasteiger charge is -1.99. The third-order valence-corrected chi connectivity index (χ3v) is 4.18. The Morgan fingerprint density at radius 1 is 0.438 bits per heavy atom. The highest BCUT2D eigenvalue weighted by molar-refractivity contribution is 5.32. The van der Waals surface area contributed by atoms with Crippen molar-refractivity contribution in [3.05, 3.63) is 131 Å². The maximum Gasteiger partial charge on any atom is 0.174 e. The Hall–Kier alpha value is -2.94. The van der Waals surface area contributed by atoms with Crippen molar-refractivity contribution in [1.29, 1.82) is 0 Å². The minimum Gasteiger partial charge on any atom is -0.365 e. The van der Waals surface area contributed by atoms with E-state index in [1.54, 1.807) is 19.1 Å². The summed E-state index contributed by atoms with van der Waals surface area (Å²) in [6.07, 6.45) is 30.8. The minimum atomic E-state index is -1.40. The topological polar surface area (TPSA) is 40.5 Å². The molecule has 0 saturated carbocycles. The van der Waals surface area contributed by atoms with Crippen LogP contribution >= 0.6 is 0 Å². The average molecular weight is 433 g/mol. The van der Waals surface area contributed by atoms with Crippen LogP contribution in [-0.4, -0.2) is 16.5 Å². The van der Waals surface area contributed by atoms with E-state index >= 15 is 0 Å². The summed E-state index contributed by atoms with van der Waals surface area (Å²) in [6, 6.07) is 0. The number of hydrogen-bond donors (Lipinski definition) is 2. The molecule has 0 amide bonds. The van der Waals surface area contributed by atoms with Gasteiger partial charge < -0.3 is 10.2 Å². The molecule has 0 heterocycles. The zero-order valence-electron chi connectivity index (χ0n) is 20.7. The Kier molecular flexibility index (Phi) is 16.1. The van der Waals surface area contributed by atoms with E-state index in [9.17, 15) is 0 Å². The molecule has 172 valence electrons. The molecule has 0 aliphatic rings. The Labute approximate surface area is 195 Å². The van der Waals surface area contributed by atoms with Gasteiger partial charge in [-0.15, -0.1) is 0 Å². The molecule has 0 spiro atoms. The highest BCUT2D eigenvalue weighted by Gasteiger charge is 1.95. The highest BCUT2D eigenvalue weighted by atomic mass is 16.5. The molecule has 2 heteroatoms. The van der Waals surface area contributed by atoms with E-state index in [1.165, 1.54) is 16.7 Å². The predicted molar refractivity (Wildman–Crippen MR) is 142 cm³/mol. The SMILES string of the molecule is CC(C)=C/C=C/C(C)=C/C=C/C(C)=C/C=C/C=C(C)/C=C/C=C(C)/C=C/C=C(\C)C(O)O. The zero-order valence-corrected chi connectivity index (χ0v) is 20.7. The van der Waals surface area contributed by atoms with Crippen LogP contribution in [0.25, 0.3) is 0 Å². The highest BCUT2D eigenvalue weighted by Crippen LogP contribution is 2.04. The van der Waals surface area contributed by atoms with Gasteiger partial charge in [0.05, 0.1) is 0 Å². The summed E-state index contributed by atoms with van der Waals surface area (Å²) in [6.45, 7) is 14.1. The van der Waals surface area contributed by atoms with Crippen molar-refractivity contribution < 1.29 is 10.2 Å². The van der Waals surface area contributed by atoms with Gasteiger partial charge in [-0.3, -0.25) is 0 Å². The van der Waals surface area contributed by atoms with Gasteiger partial charge in [0.15, 0.2) is 6.29 Å². The fourth-order valence-electron chi connectivity index (χ4n) is 2.17. The molecule has 0 fully saturated rings. The van der Waals surface area contributed by atoms with E-state index in [4.69, 9.17) is 10.2 Å². The predicted octanol–water partition coefficient (Wildman–Crippen LogP) is 7.78. The molecule has 0 unspecified atom stereocenters. The minimum absolute atomic E-state index is 0.508. The Morgan fingerprint density at radius 3 is 1.09 bits per heavy atom. The molecule has 0 atom stereocenters. The number of hydrogen-bond acceptors (Lipinski definition) is 2. The largest absolute Gasteiger partial charge is 0.365 e. The summed E-state index contributed by atoms with van der Waals surface area (Å²) in [5.74, 6) is 0. The van der Waals surface area contributed by atoms with Gasteiger partial charge in [-0.1, -0.05) is 125 Å². The number of allylic oxidation sites excluding steroid dienone is 21. The molecule has 2 nitrogen and oxygen atoms in total. The fourth-order valence-corrected chi connectivity index (χ4v) is 2.17. The van der Waals surface area contributed by atoms with Crippen molar-refractivity contribution in [3.8, 4) is 0 Å². The maximum atomic E-state index is 9.01. The van der Waals surface area contributed by atoms with Crippen LogP contribution in [0.3, 0.4) is 0 Å². The Morgan fingerprint density at radius 2 is 0.750 bits per heavy atom. The van der Waals surface area contributed by atoms with Crippen LogP contribution in [0.15, 0.2) is 131 Å². The van der Waals surface area contributed by atoms with Crippen molar-refractivity contribution >= 4 is 0 Å². The summed E-state index contributed by atoms with van der Waals surface area (Å²) in [4.78, 5) is 0. The summed E-state index contributed by atoms with van der Waals surface area (Å²) >= 11 is 0. The van der Waals surface area contributed by atoms with E-state index in [0.29, 0.717) is 5.57 Å². The van der Waals surface area contributed by atoms with Crippen LogP contribution in [0.5, 0.6) is 0 Å². The summed E-state index contributed by atoms with van der Waals surface area (Å²) < 4.78 is 0. The lowest BCUT2D eigenvalue weighted by atomic mass is 10.2. The van der Waals surface area contributed by atoms with Crippen molar-refractivity contribution in [1.82, 2.24) is 0 Å². The van der Waals surface area contributed by atoms with Gasteiger partial charge in [0.25, 0.3) is 0 Å². The maximum absolute atomic E-state index is 9.01. The van der Waals surface area contributed by atoms with Gasteiger partial charge in [-0.05, 0) is 54.0 Å². The number of aliphatic hydroxyl groups is 2. The Bertz CT molecular complexity index is 898. The first kappa shape index (κ1) is 29.1. The lowest BCUT2D eigenvalue weighted by molar-refractivity contribution is -0.00760. The fraction of sp³-hybridized carbons (Fsp3) is 0.267. The molecule has 0 aromatic heterocycles. The van der Waals surface area contributed by atoms with Crippen LogP contribution in [0.2, 0.25) is 0 Å². The van der Waals surface area contributed by atoms with E-state index < -0.39 is 6.29 Å². The monoisotopic (exact) mass is 432 g/mol. The molecular formula is C30H40O2. The molecule has 0 aliphatic carbocycles. The summed E-state index contributed by atoms with van der Waals surface area (Å²) in [5.41, 5.74) is 6.42. The second-order valence-electron chi connectivity index (χ2n) is 7.99. The quantitative estimate of drug-likeness (QED) is 0.258. The van der Waals surface area contributed by atoms with Crippen LogP contribution in [0.1, 0.15) is 48.5 Å². The zero-order chi connectivity index (χ0) is 24.4. The van der Waals surface area contributed by atoms with Crippen LogP contribution < -0.4 is 0 Å². The Balaban J connectivity index is 4.72. The third-order valence-electron chi connectivity index (χ3n) is 4.18. The van der Waals surface area contributed by atoms with Gasteiger partial charge in [-0.2, -0.15) is 0 Å². The van der Waals surface area contributed by atoms with Crippen molar-refractivity contribution in [2.45, 2.75) is 54.8 Å². The van der Waals surface area contributed by atoms with Gasteiger partial charge in [0.2, 0.25) is 0 Å². The molecule has 0 aliphatic heterocycles. The first-order valence-corrected chi connectivity index (χ1v) is 10.9. The smallest absolute Gasteiger partial charge is 0.174 e. The van der Waals surface area contributed by atoms with Crippen molar-refractivity contribution in [2.24, 2.45) is 0 Å². The standard InChI is InChI=1S/C30H40O2/c1-24(2)14-10-17-27(5)20-11-18-25(3)15-8-9-16-26(4)19-12-21-28(6)22-13-23-29(7)30(31)32/h8-23,30-32H,1-7H3/b9-8+,17-10+,18-11+,19-12+,22-13+,25-15+,26-16+,27-20+,28-21+,29-23+. The van der Waals surface area contributed by atoms with Gasteiger partial charge in [0, 0.05) is 0 Å². The lowest BCUT2D eigenvalue weighted by Crippen LogP contribution is -2.04. The van der Waals surface area contributed by atoms with E-state index in [1.807, 2.05) is 43.4 Å². The molecule has 2 N–H and O–H groups in total. The van der Waals surface area contributed by atoms with Crippen molar-refractivity contribution in [3.63, 3.8) is 0 Å². The molecule has 0 bridgehead atoms. The number of rotatable bonds is 11. The number of aliphatic hydroxyl groups excluding tert-OH is 1. The summed E-state index contributed by atoms with van der Waals surface area (Å²) in [7, 11) is 0. The second-order valence-corrected chi connectivity index (χ2v) is 7.99. The van der Waals surface area contributed by atoms with Crippen LogP contribution in [0, 0.1) is 0 Å². The van der Waals surface area contributed by atoms with Crippen LogP contribution in [0.4, 0.5) is 0 Å². The first-order chi connectivity index (χ1) is 15.1. The molecule has 32 heavy (non-hydrogen) atoms. The third kappa shape index (κ3) is 17.9. The van der Waals surface area contributed by atoms with E-state index in [-0.39, 0.29) is 0 Å². The summed E-state index contributed by atoms with van der Waals surface area (Å²) in [5, 5.41) is 18.0. The van der Waals surface area contributed by atoms with Gasteiger partial charge in [-0.25, -0.2) is 0 Å². The molecule has 0 aromatic rings. The van der Waals surface area contributed by atoms with Crippen LogP contribution in [-0.2, 0) is 0 Å². The first-order valence-electron chi connectivity index (χ1n) is 10.9. The van der Waals surface area contributed by atoms with Gasteiger partial charge >= 0.3 is 0 Å².